The van der Waals surface area contributed by atoms with Crippen LogP contribution in [0.15, 0.2) is 0 Å². The van der Waals surface area contributed by atoms with Crippen molar-refractivity contribution in [3.05, 3.63) is 0 Å². The number of aliphatic carboxylic acids is 1. The van der Waals surface area contributed by atoms with Crippen molar-refractivity contribution in [2.45, 2.75) is 24.9 Å². The van der Waals surface area contributed by atoms with Gasteiger partial charge in [-0.2, -0.15) is 11.8 Å². The number of ether oxygens (including phenoxy) is 1. The molecule has 0 spiro atoms. The Bertz CT molecular complexity index is 254. The molecule has 86 valence electrons. The van der Waals surface area contributed by atoms with Crippen molar-refractivity contribution in [3.8, 4) is 0 Å². The molecule has 0 radical (unpaired) electrons. The van der Waals surface area contributed by atoms with Gasteiger partial charge < -0.3 is 14.9 Å². The lowest BCUT2D eigenvalue weighted by molar-refractivity contribution is -0.167. The van der Waals surface area contributed by atoms with Crippen LogP contribution in [0.4, 0.5) is 0 Å². The van der Waals surface area contributed by atoms with Crippen LogP contribution >= 0.6 is 11.8 Å². The predicted octanol–water partition coefficient (Wildman–Crippen LogP) is 0.736. The average molecular weight is 232 g/mol. The van der Waals surface area contributed by atoms with Gasteiger partial charge in [0.05, 0.1) is 6.61 Å². The van der Waals surface area contributed by atoms with Gasteiger partial charge >= 0.3 is 5.97 Å². The largest absolute Gasteiger partial charge is 0.481 e. The molecule has 2 fully saturated rings. The van der Waals surface area contributed by atoms with E-state index in [9.17, 15) is 15.0 Å². The molecule has 2 atom stereocenters. The number of thioether (sulfide) groups is 1. The average Bonchev–Trinajstić information content (AvgIpc) is 2.67. The number of hydrogen-bond acceptors (Lipinski definition) is 4. The Morgan fingerprint density at radius 1 is 1.40 bits per heavy atom. The van der Waals surface area contributed by atoms with E-state index in [1.54, 1.807) is 11.8 Å². The highest BCUT2D eigenvalue weighted by Crippen LogP contribution is 2.47. The van der Waals surface area contributed by atoms with Crippen LogP contribution in [-0.2, 0) is 9.53 Å². The summed E-state index contributed by atoms with van der Waals surface area (Å²) in [6.45, 7) is 0.635. The van der Waals surface area contributed by atoms with Gasteiger partial charge in [0.25, 0.3) is 0 Å². The van der Waals surface area contributed by atoms with Gasteiger partial charge in [0, 0.05) is 18.8 Å². The zero-order valence-electron chi connectivity index (χ0n) is 8.57. The molecule has 0 aromatic rings. The van der Waals surface area contributed by atoms with Gasteiger partial charge in [-0.15, -0.1) is 0 Å². The van der Waals surface area contributed by atoms with Gasteiger partial charge in [-0.25, -0.2) is 0 Å². The standard InChI is InChI=1S/C10H16O4S/c11-8(12)9(2-1-5-15-7-9)10(13)3-4-14-6-10/h13H,1-7H2,(H,11,12). The van der Waals surface area contributed by atoms with Crippen molar-refractivity contribution in [1.82, 2.24) is 0 Å². The molecule has 15 heavy (non-hydrogen) atoms. The first-order valence-electron chi connectivity index (χ1n) is 5.22. The monoisotopic (exact) mass is 232 g/mol. The minimum atomic E-state index is -1.16. The summed E-state index contributed by atoms with van der Waals surface area (Å²) in [6, 6.07) is 0. The molecule has 0 saturated carbocycles. The molecule has 2 heterocycles. The van der Waals surface area contributed by atoms with Crippen molar-refractivity contribution >= 4 is 17.7 Å². The molecule has 2 unspecified atom stereocenters. The second-order valence-electron chi connectivity index (χ2n) is 4.38. The summed E-state index contributed by atoms with van der Waals surface area (Å²) in [7, 11) is 0. The molecule has 4 nitrogen and oxygen atoms in total. The molecule has 2 saturated heterocycles. The van der Waals surface area contributed by atoms with E-state index in [0.29, 0.717) is 25.2 Å². The molecule has 0 amide bonds. The van der Waals surface area contributed by atoms with Crippen LogP contribution in [-0.4, -0.2) is 46.5 Å². The zero-order chi connectivity index (χ0) is 10.9. The third kappa shape index (κ3) is 1.66. The van der Waals surface area contributed by atoms with Crippen molar-refractivity contribution in [3.63, 3.8) is 0 Å². The maximum Gasteiger partial charge on any atom is 0.313 e. The number of carboxylic acids is 1. The summed E-state index contributed by atoms with van der Waals surface area (Å²) in [5.74, 6) is 0.622. The Labute approximate surface area is 93.0 Å². The molecule has 0 bridgehead atoms. The third-order valence-electron chi connectivity index (χ3n) is 3.54. The summed E-state index contributed by atoms with van der Waals surface area (Å²) in [5.41, 5.74) is -2.15. The highest BCUT2D eigenvalue weighted by atomic mass is 32.2. The normalized spacial score (nSPS) is 41.7. The molecule has 2 aliphatic rings. The summed E-state index contributed by atoms with van der Waals surface area (Å²) in [4.78, 5) is 11.4. The van der Waals surface area contributed by atoms with Crippen LogP contribution in [0.1, 0.15) is 19.3 Å². The van der Waals surface area contributed by atoms with Crippen LogP contribution in [0.25, 0.3) is 0 Å². The fraction of sp³-hybridized carbons (Fsp3) is 0.900. The Balaban J connectivity index is 2.28. The summed E-state index contributed by atoms with van der Waals surface area (Å²) < 4.78 is 5.17. The minimum absolute atomic E-state index is 0.167. The summed E-state index contributed by atoms with van der Waals surface area (Å²) >= 11 is 1.62. The second kappa shape index (κ2) is 3.96. The molecule has 0 aliphatic carbocycles. The zero-order valence-corrected chi connectivity index (χ0v) is 9.39. The van der Waals surface area contributed by atoms with E-state index >= 15 is 0 Å². The number of carboxylic acid groups (broad SMARTS) is 1. The molecule has 0 aromatic heterocycles. The summed E-state index contributed by atoms with van der Waals surface area (Å²) in [6.07, 6.45) is 1.87. The van der Waals surface area contributed by atoms with E-state index in [4.69, 9.17) is 4.74 Å². The third-order valence-corrected chi connectivity index (χ3v) is 4.82. The molecular weight excluding hydrogens is 216 g/mol. The van der Waals surface area contributed by atoms with Gasteiger partial charge in [0.15, 0.2) is 0 Å². The lowest BCUT2D eigenvalue weighted by atomic mass is 9.69. The Hall–Kier alpha value is -0.260. The smallest absolute Gasteiger partial charge is 0.313 e. The van der Waals surface area contributed by atoms with Gasteiger partial charge in [-0.3, -0.25) is 4.79 Å². The van der Waals surface area contributed by atoms with Crippen LogP contribution in [0, 0.1) is 5.41 Å². The lowest BCUT2D eigenvalue weighted by Crippen LogP contribution is -2.56. The number of hydrogen-bond donors (Lipinski definition) is 2. The first-order valence-corrected chi connectivity index (χ1v) is 6.37. The van der Waals surface area contributed by atoms with E-state index in [0.717, 1.165) is 12.2 Å². The van der Waals surface area contributed by atoms with Crippen molar-refractivity contribution in [2.24, 2.45) is 5.41 Å². The van der Waals surface area contributed by atoms with Gasteiger partial charge in [0.1, 0.15) is 11.0 Å². The van der Waals surface area contributed by atoms with Crippen LogP contribution in [0.5, 0.6) is 0 Å². The summed E-state index contributed by atoms with van der Waals surface area (Å²) in [5, 5.41) is 19.8. The maximum atomic E-state index is 11.4. The van der Waals surface area contributed by atoms with Crippen LogP contribution in [0.2, 0.25) is 0 Å². The number of aliphatic hydroxyl groups is 1. The molecular formula is C10H16O4S. The first kappa shape index (κ1) is 11.2. The van der Waals surface area contributed by atoms with E-state index in [2.05, 4.69) is 0 Å². The highest BCUT2D eigenvalue weighted by molar-refractivity contribution is 7.99. The van der Waals surface area contributed by atoms with E-state index in [1.807, 2.05) is 0 Å². The lowest BCUT2D eigenvalue weighted by Gasteiger charge is -2.43. The number of rotatable bonds is 2. The molecule has 5 heteroatoms. The quantitative estimate of drug-likeness (QED) is 0.735. The molecule has 2 aliphatic heterocycles. The van der Waals surface area contributed by atoms with Crippen molar-refractivity contribution < 1.29 is 19.7 Å². The first-order chi connectivity index (χ1) is 7.11. The SMILES string of the molecule is O=C(O)C1(C2(O)CCOC2)CCCSC1. The van der Waals surface area contributed by atoms with E-state index < -0.39 is 17.0 Å². The molecule has 2 rings (SSSR count). The number of carbonyl (C=O) groups is 1. The second-order valence-corrected chi connectivity index (χ2v) is 5.48. The molecule has 0 aromatic carbocycles. The maximum absolute atomic E-state index is 11.4. The topological polar surface area (TPSA) is 66.8 Å². The minimum Gasteiger partial charge on any atom is -0.481 e. The fourth-order valence-electron chi connectivity index (χ4n) is 2.46. The van der Waals surface area contributed by atoms with Crippen LogP contribution in [0.3, 0.4) is 0 Å². The predicted molar refractivity (Wildman–Crippen MR) is 57.0 cm³/mol. The Morgan fingerprint density at radius 3 is 2.67 bits per heavy atom. The highest BCUT2D eigenvalue weighted by Gasteiger charge is 2.58. The van der Waals surface area contributed by atoms with Crippen molar-refractivity contribution in [1.29, 1.82) is 0 Å². The fourth-order valence-corrected chi connectivity index (χ4v) is 3.84. The Kier molecular flexibility index (Phi) is 2.96. The van der Waals surface area contributed by atoms with Gasteiger partial charge in [0.2, 0.25) is 0 Å². The van der Waals surface area contributed by atoms with Gasteiger partial charge in [-0.05, 0) is 18.6 Å². The van der Waals surface area contributed by atoms with Gasteiger partial charge in [-0.1, -0.05) is 0 Å². The van der Waals surface area contributed by atoms with E-state index in [-0.39, 0.29) is 6.61 Å². The van der Waals surface area contributed by atoms with Crippen molar-refractivity contribution in [2.75, 3.05) is 24.7 Å². The molecule has 2 N–H and O–H groups in total. The van der Waals surface area contributed by atoms with E-state index in [1.165, 1.54) is 0 Å². The Morgan fingerprint density at radius 2 is 2.20 bits per heavy atom. The van der Waals surface area contributed by atoms with Crippen LogP contribution < -0.4 is 0 Å².